The van der Waals surface area contributed by atoms with Crippen molar-refractivity contribution in [3.8, 4) is 0 Å². The van der Waals surface area contributed by atoms with Crippen LogP contribution in [-0.2, 0) is 13.0 Å². The van der Waals surface area contributed by atoms with Crippen molar-refractivity contribution in [2.75, 3.05) is 0 Å². The zero-order valence-electron chi connectivity index (χ0n) is 8.35. The van der Waals surface area contributed by atoms with E-state index in [0.717, 1.165) is 13.0 Å². The molecule has 1 heterocycles. The summed E-state index contributed by atoms with van der Waals surface area (Å²) in [6.45, 7) is 3.16. The lowest BCUT2D eigenvalue weighted by Crippen LogP contribution is -1.99. The van der Waals surface area contributed by atoms with Crippen molar-refractivity contribution >= 4 is 0 Å². The minimum atomic E-state index is 1.00. The fraction of sp³-hybridized carbons (Fsp3) is 0.250. The molecule has 2 aromatic rings. The molecule has 14 heavy (non-hydrogen) atoms. The van der Waals surface area contributed by atoms with E-state index in [1.807, 2.05) is 18.7 Å². The van der Waals surface area contributed by atoms with E-state index in [4.69, 9.17) is 0 Å². The highest BCUT2D eigenvalue weighted by Crippen LogP contribution is 2.08. The van der Waals surface area contributed by atoms with Gasteiger partial charge in [0.25, 0.3) is 0 Å². The van der Waals surface area contributed by atoms with Crippen LogP contribution in [0.2, 0.25) is 0 Å². The summed E-state index contributed by atoms with van der Waals surface area (Å²) in [7, 11) is 0. The van der Waals surface area contributed by atoms with Gasteiger partial charge in [-0.1, -0.05) is 24.3 Å². The molecule has 0 fully saturated rings. The van der Waals surface area contributed by atoms with Gasteiger partial charge in [-0.05, 0) is 24.5 Å². The third-order valence-corrected chi connectivity index (χ3v) is 2.46. The van der Waals surface area contributed by atoms with Crippen LogP contribution in [0.15, 0.2) is 43.0 Å². The molecule has 0 aliphatic heterocycles. The number of aryl methyl sites for hydroxylation is 3. The standard InChI is InChI=1S/C12H14N2/c1-11-4-2-3-5-12(11)6-8-14-9-7-13-10-14/h2-5,7,9-10H,6,8H2,1H3. The summed E-state index contributed by atoms with van der Waals surface area (Å²) in [6.07, 6.45) is 6.75. The third-order valence-electron chi connectivity index (χ3n) is 2.46. The fourth-order valence-electron chi connectivity index (χ4n) is 1.56. The van der Waals surface area contributed by atoms with Crippen LogP contribution in [0.25, 0.3) is 0 Å². The van der Waals surface area contributed by atoms with Gasteiger partial charge in [-0.2, -0.15) is 0 Å². The van der Waals surface area contributed by atoms with Crippen LogP contribution in [0.4, 0.5) is 0 Å². The number of nitrogens with zero attached hydrogens (tertiary/aromatic N) is 2. The maximum absolute atomic E-state index is 4.02. The summed E-state index contributed by atoms with van der Waals surface area (Å²) in [5.41, 5.74) is 2.79. The summed E-state index contributed by atoms with van der Waals surface area (Å²) >= 11 is 0. The molecule has 0 radical (unpaired) electrons. The molecule has 0 aliphatic carbocycles. The molecule has 0 saturated heterocycles. The first-order chi connectivity index (χ1) is 6.86. The Morgan fingerprint density at radius 2 is 2.14 bits per heavy atom. The molecule has 0 unspecified atom stereocenters. The first-order valence-electron chi connectivity index (χ1n) is 4.86. The summed E-state index contributed by atoms with van der Waals surface area (Å²) in [6, 6.07) is 8.52. The molecular weight excluding hydrogens is 172 g/mol. The lowest BCUT2D eigenvalue weighted by molar-refractivity contribution is 0.693. The molecule has 1 aromatic carbocycles. The Morgan fingerprint density at radius 1 is 1.29 bits per heavy atom. The van der Waals surface area contributed by atoms with Crippen LogP contribution < -0.4 is 0 Å². The maximum Gasteiger partial charge on any atom is 0.0946 e. The second kappa shape index (κ2) is 4.09. The van der Waals surface area contributed by atoms with Gasteiger partial charge in [0.15, 0.2) is 0 Å². The Kier molecular flexibility index (Phi) is 2.63. The second-order valence-corrected chi connectivity index (χ2v) is 3.48. The van der Waals surface area contributed by atoms with E-state index in [1.54, 1.807) is 0 Å². The third kappa shape index (κ3) is 2.02. The van der Waals surface area contributed by atoms with Crippen molar-refractivity contribution in [3.63, 3.8) is 0 Å². The molecule has 2 rings (SSSR count). The van der Waals surface area contributed by atoms with Crippen molar-refractivity contribution in [3.05, 3.63) is 54.1 Å². The molecule has 0 amide bonds. The van der Waals surface area contributed by atoms with Crippen LogP contribution in [0, 0.1) is 6.92 Å². The predicted molar refractivity (Wildman–Crippen MR) is 57.1 cm³/mol. The minimum absolute atomic E-state index is 1.00. The van der Waals surface area contributed by atoms with E-state index in [1.165, 1.54) is 11.1 Å². The lowest BCUT2D eigenvalue weighted by Gasteiger charge is -2.05. The molecule has 0 atom stereocenters. The topological polar surface area (TPSA) is 17.8 Å². The van der Waals surface area contributed by atoms with Crippen LogP contribution in [-0.4, -0.2) is 9.55 Å². The molecule has 1 aromatic heterocycles. The molecule has 0 saturated carbocycles. The maximum atomic E-state index is 4.02. The minimum Gasteiger partial charge on any atom is -0.337 e. The van der Waals surface area contributed by atoms with Gasteiger partial charge in [0.05, 0.1) is 6.33 Å². The number of imidazole rings is 1. The highest BCUT2D eigenvalue weighted by Gasteiger charge is 1.96. The normalized spacial score (nSPS) is 10.4. The smallest absolute Gasteiger partial charge is 0.0946 e. The van der Waals surface area contributed by atoms with Crippen molar-refractivity contribution in [1.29, 1.82) is 0 Å². The highest BCUT2D eigenvalue weighted by atomic mass is 15.0. The molecule has 2 heteroatoms. The quantitative estimate of drug-likeness (QED) is 0.720. The van der Waals surface area contributed by atoms with Gasteiger partial charge in [-0.3, -0.25) is 0 Å². The van der Waals surface area contributed by atoms with Gasteiger partial charge >= 0.3 is 0 Å². The highest BCUT2D eigenvalue weighted by molar-refractivity contribution is 5.25. The molecule has 0 N–H and O–H groups in total. The average molecular weight is 186 g/mol. The number of rotatable bonds is 3. The second-order valence-electron chi connectivity index (χ2n) is 3.48. The largest absolute Gasteiger partial charge is 0.337 e. The monoisotopic (exact) mass is 186 g/mol. The van der Waals surface area contributed by atoms with Crippen molar-refractivity contribution < 1.29 is 0 Å². The Morgan fingerprint density at radius 3 is 2.86 bits per heavy atom. The Balaban J connectivity index is 2.02. The van der Waals surface area contributed by atoms with Gasteiger partial charge in [0.2, 0.25) is 0 Å². The zero-order valence-corrected chi connectivity index (χ0v) is 8.35. The van der Waals surface area contributed by atoms with Gasteiger partial charge in [0.1, 0.15) is 0 Å². The molecule has 2 nitrogen and oxygen atoms in total. The Bertz CT molecular complexity index is 390. The summed E-state index contributed by atoms with van der Waals surface area (Å²) in [5, 5.41) is 0. The molecule has 72 valence electrons. The van der Waals surface area contributed by atoms with Crippen molar-refractivity contribution in [2.24, 2.45) is 0 Å². The van der Waals surface area contributed by atoms with Crippen molar-refractivity contribution in [1.82, 2.24) is 9.55 Å². The molecular formula is C12H14N2. The number of hydrogen-bond acceptors (Lipinski definition) is 1. The lowest BCUT2D eigenvalue weighted by atomic mass is 10.1. The van der Waals surface area contributed by atoms with E-state index in [0.29, 0.717) is 0 Å². The summed E-state index contributed by atoms with van der Waals surface area (Å²) in [4.78, 5) is 4.02. The van der Waals surface area contributed by atoms with E-state index < -0.39 is 0 Å². The van der Waals surface area contributed by atoms with E-state index in [-0.39, 0.29) is 0 Å². The van der Waals surface area contributed by atoms with Crippen LogP contribution in [0.3, 0.4) is 0 Å². The van der Waals surface area contributed by atoms with E-state index >= 15 is 0 Å². The van der Waals surface area contributed by atoms with Crippen molar-refractivity contribution in [2.45, 2.75) is 19.9 Å². The average Bonchev–Trinajstić information content (AvgIpc) is 2.69. The van der Waals surface area contributed by atoms with Crippen LogP contribution >= 0.6 is 0 Å². The molecule has 0 spiro atoms. The van der Waals surface area contributed by atoms with Crippen LogP contribution in [0.1, 0.15) is 11.1 Å². The van der Waals surface area contributed by atoms with E-state index in [9.17, 15) is 0 Å². The zero-order chi connectivity index (χ0) is 9.80. The first-order valence-corrected chi connectivity index (χ1v) is 4.86. The fourth-order valence-corrected chi connectivity index (χ4v) is 1.56. The van der Waals surface area contributed by atoms with Crippen LogP contribution in [0.5, 0.6) is 0 Å². The van der Waals surface area contributed by atoms with E-state index in [2.05, 4.69) is 40.7 Å². The predicted octanol–water partition coefficient (Wildman–Crippen LogP) is 2.43. The summed E-state index contributed by atoms with van der Waals surface area (Å²) < 4.78 is 2.10. The molecule has 0 bridgehead atoms. The number of hydrogen-bond donors (Lipinski definition) is 0. The van der Waals surface area contributed by atoms with Gasteiger partial charge < -0.3 is 4.57 Å². The summed E-state index contributed by atoms with van der Waals surface area (Å²) in [5.74, 6) is 0. The van der Waals surface area contributed by atoms with Gasteiger partial charge in [0, 0.05) is 18.9 Å². The Labute approximate surface area is 84.2 Å². The van der Waals surface area contributed by atoms with Gasteiger partial charge in [-0.25, -0.2) is 4.98 Å². The first kappa shape index (κ1) is 9.00. The Hall–Kier alpha value is -1.57. The SMILES string of the molecule is Cc1ccccc1CCn1ccnc1. The molecule has 0 aliphatic rings. The number of aromatic nitrogens is 2. The van der Waals surface area contributed by atoms with Gasteiger partial charge in [-0.15, -0.1) is 0 Å². The number of benzene rings is 1.